The van der Waals surface area contributed by atoms with Gasteiger partial charge in [0.15, 0.2) is 23.0 Å². The van der Waals surface area contributed by atoms with Crippen molar-refractivity contribution in [3.05, 3.63) is 59.2 Å². The maximum Gasteiger partial charge on any atom is 0.231 e. The van der Waals surface area contributed by atoms with Crippen molar-refractivity contribution < 1.29 is 18.9 Å². The Bertz CT molecular complexity index is 1070. The van der Waals surface area contributed by atoms with E-state index in [-0.39, 0.29) is 18.4 Å². The normalized spacial score (nSPS) is 18.6. The highest BCUT2D eigenvalue weighted by atomic mass is 35.5. The molecule has 1 atom stereocenters. The number of hydrogen-bond acceptors (Lipinski definition) is 5. The lowest BCUT2D eigenvalue weighted by atomic mass is 9.89. The fraction of sp³-hybridized carbons (Fsp3) is 0.273. The highest BCUT2D eigenvalue weighted by molar-refractivity contribution is 5.87. The fourth-order valence-electron chi connectivity index (χ4n) is 4.26. The van der Waals surface area contributed by atoms with E-state index in [1.165, 1.54) is 27.5 Å². The van der Waals surface area contributed by atoms with Crippen molar-refractivity contribution in [1.82, 2.24) is 5.32 Å². The minimum Gasteiger partial charge on any atom is -0.454 e. The van der Waals surface area contributed by atoms with Crippen LogP contribution in [0.25, 0.3) is 10.8 Å². The molecule has 3 aromatic carbocycles. The van der Waals surface area contributed by atoms with Crippen LogP contribution in [-0.2, 0) is 12.8 Å². The van der Waals surface area contributed by atoms with E-state index < -0.39 is 0 Å². The Morgan fingerprint density at radius 3 is 2.25 bits per heavy atom. The molecule has 3 heterocycles. The molecule has 6 rings (SSSR count). The van der Waals surface area contributed by atoms with Crippen LogP contribution in [0.4, 0.5) is 0 Å². The Balaban J connectivity index is 0.00000171. The van der Waals surface area contributed by atoms with Crippen LogP contribution < -0.4 is 24.3 Å². The molecule has 3 aliphatic heterocycles. The summed E-state index contributed by atoms with van der Waals surface area (Å²) in [6, 6.07) is 15.3. The summed E-state index contributed by atoms with van der Waals surface area (Å²) >= 11 is 0. The molecule has 0 bridgehead atoms. The number of halogens is 1. The second-order valence-corrected chi connectivity index (χ2v) is 7.25. The molecule has 144 valence electrons. The number of hydrogen-bond donors (Lipinski definition) is 1. The fourth-order valence-corrected chi connectivity index (χ4v) is 4.26. The third-order valence-corrected chi connectivity index (χ3v) is 5.63. The lowest BCUT2D eigenvalue weighted by Gasteiger charge is -2.27. The number of benzene rings is 3. The topological polar surface area (TPSA) is 49.0 Å². The second-order valence-electron chi connectivity index (χ2n) is 7.25. The van der Waals surface area contributed by atoms with Crippen LogP contribution in [0.1, 0.15) is 22.7 Å². The van der Waals surface area contributed by atoms with Crippen molar-refractivity contribution in [2.24, 2.45) is 0 Å². The van der Waals surface area contributed by atoms with Gasteiger partial charge in [0.25, 0.3) is 0 Å². The average molecular weight is 398 g/mol. The van der Waals surface area contributed by atoms with Crippen LogP contribution in [0, 0.1) is 0 Å². The number of fused-ring (bicyclic) bond motifs is 4. The Morgan fingerprint density at radius 1 is 0.786 bits per heavy atom. The van der Waals surface area contributed by atoms with Gasteiger partial charge < -0.3 is 24.3 Å². The Labute approximate surface area is 168 Å². The Hall–Kier alpha value is -2.63. The summed E-state index contributed by atoms with van der Waals surface area (Å²) in [6.45, 7) is 1.60. The van der Waals surface area contributed by atoms with Crippen molar-refractivity contribution >= 4 is 23.2 Å². The van der Waals surface area contributed by atoms with E-state index >= 15 is 0 Å². The van der Waals surface area contributed by atoms with Gasteiger partial charge in [-0.25, -0.2) is 0 Å². The molecule has 0 saturated heterocycles. The van der Waals surface area contributed by atoms with Crippen molar-refractivity contribution in [1.29, 1.82) is 0 Å². The number of nitrogens with one attached hydrogen (secondary N) is 1. The molecule has 0 amide bonds. The molecule has 1 unspecified atom stereocenters. The summed E-state index contributed by atoms with van der Waals surface area (Å²) in [7, 11) is 0. The highest BCUT2D eigenvalue weighted by Gasteiger charge is 2.25. The van der Waals surface area contributed by atoms with Crippen LogP contribution >= 0.6 is 12.4 Å². The summed E-state index contributed by atoms with van der Waals surface area (Å²) in [5.41, 5.74) is 3.97. The lowest BCUT2D eigenvalue weighted by molar-refractivity contribution is 0.173. The van der Waals surface area contributed by atoms with Gasteiger partial charge in [-0.05, 0) is 71.1 Å². The van der Waals surface area contributed by atoms with Gasteiger partial charge in [0, 0.05) is 6.04 Å². The summed E-state index contributed by atoms with van der Waals surface area (Å²) < 4.78 is 22.1. The Morgan fingerprint density at radius 2 is 1.46 bits per heavy atom. The Kier molecular flexibility index (Phi) is 4.22. The van der Waals surface area contributed by atoms with E-state index in [0.29, 0.717) is 13.6 Å². The van der Waals surface area contributed by atoms with E-state index in [0.717, 1.165) is 42.4 Å². The van der Waals surface area contributed by atoms with Gasteiger partial charge in [0.2, 0.25) is 13.6 Å². The van der Waals surface area contributed by atoms with Crippen LogP contribution in [0.3, 0.4) is 0 Å². The monoisotopic (exact) mass is 397 g/mol. The molecule has 0 saturated carbocycles. The van der Waals surface area contributed by atoms with Gasteiger partial charge in [-0.3, -0.25) is 0 Å². The maximum absolute atomic E-state index is 5.59. The summed E-state index contributed by atoms with van der Waals surface area (Å²) in [4.78, 5) is 0. The second kappa shape index (κ2) is 6.76. The zero-order valence-electron chi connectivity index (χ0n) is 15.2. The van der Waals surface area contributed by atoms with Gasteiger partial charge in [-0.15, -0.1) is 12.4 Å². The minimum atomic E-state index is 0. The first-order chi connectivity index (χ1) is 13.3. The molecule has 0 spiro atoms. The highest BCUT2D eigenvalue weighted by Crippen LogP contribution is 2.40. The zero-order chi connectivity index (χ0) is 17.8. The maximum atomic E-state index is 5.59. The molecule has 5 nitrogen and oxygen atoms in total. The molecular weight excluding hydrogens is 378 g/mol. The third-order valence-electron chi connectivity index (χ3n) is 5.63. The van der Waals surface area contributed by atoms with Crippen LogP contribution in [0.2, 0.25) is 0 Å². The van der Waals surface area contributed by atoms with E-state index in [4.69, 9.17) is 18.9 Å². The van der Waals surface area contributed by atoms with Crippen molar-refractivity contribution in [3.63, 3.8) is 0 Å². The van der Waals surface area contributed by atoms with E-state index in [9.17, 15) is 0 Å². The van der Waals surface area contributed by atoms with Crippen molar-refractivity contribution in [2.45, 2.75) is 18.9 Å². The molecule has 3 aliphatic rings. The molecule has 1 N–H and O–H groups in total. The van der Waals surface area contributed by atoms with Gasteiger partial charge in [-0.1, -0.05) is 18.2 Å². The standard InChI is InChI=1S/C22H19NO4.ClH/c1-2-14-7-19-21(26-11-24-19)9-16(14)5-13(1)6-18-17-10-22-20(25-12-27-22)8-15(17)3-4-23-18;/h1-2,5,7-10,18,23H,3-4,6,11-12H2;1H. The predicted octanol–water partition coefficient (Wildman–Crippen LogP) is 4.15. The lowest BCUT2D eigenvalue weighted by Crippen LogP contribution is -2.31. The van der Waals surface area contributed by atoms with Crippen LogP contribution in [-0.4, -0.2) is 20.1 Å². The minimum absolute atomic E-state index is 0. The first-order valence-electron chi connectivity index (χ1n) is 9.31. The summed E-state index contributed by atoms with van der Waals surface area (Å²) in [5.74, 6) is 3.38. The first kappa shape index (κ1) is 17.5. The zero-order valence-corrected chi connectivity index (χ0v) is 16.0. The van der Waals surface area contributed by atoms with E-state index in [2.05, 4.69) is 47.8 Å². The number of ether oxygens (including phenoxy) is 4. The van der Waals surface area contributed by atoms with Crippen LogP contribution in [0.15, 0.2) is 42.5 Å². The molecule has 0 aliphatic carbocycles. The molecule has 28 heavy (non-hydrogen) atoms. The quantitative estimate of drug-likeness (QED) is 0.704. The van der Waals surface area contributed by atoms with Crippen molar-refractivity contribution in [2.75, 3.05) is 20.1 Å². The SMILES string of the molecule is Cl.c1cc2cc3c(cc2cc1CC1NCCc2cc4c(cc21)OCO4)OCO3. The first-order valence-corrected chi connectivity index (χ1v) is 9.31. The van der Waals surface area contributed by atoms with Gasteiger partial charge in [0.05, 0.1) is 0 Å². The molecule has 6 heteroatoms. The molecule has 0 aromatic heterocycles. The molecule has 3 aromatic rings. The smallest absolute Gasteiger partial charge is 0.231 e. The molecular formula is C22H20ClNO4. The van der Waals surface area contributed by atoms with Crippen LogP contribution in [0.5, 0.6) is 23.0 Å². The van der Waals surface area contributed by atoms with E-state index in [1.54, 1.807) is 0 Å². The molecule has 0 fully saturated rings. The summed E-state index contributed by atoms with van der Waals surface area (Å²) in [5, 5.41) is 6.01. The van der Waals surface area contributed by atoms with Gasteiger partial charge >= 0.3 is 0 Å². The van der Waals surface area contributed by atoms with E-state index in [1.807, 2.05) is 0 Å². The van der Waals surface area contributed by atoms with Gasteiger partial charge in [-0.2, -0.15) is 0 Å². The molecule has 0 radical (unpaired) electrons. The average Bonchev–Trinajstić information content (AvgIpc) is 3.33. The number of rotatable bonds is 2. The van der Waals surface area contributed by atoms with Crippen molar-refractivity contribution in [3.8, 4) is 23.0 Å². The van der Waals surface area contributed by atoms with Gasteiger partial charge in [0.1, 0.15) is 0 Å². The largest absolute Gasteiger partial charge is 0.454 e. The third kappa shape index (κ3) is 2.82. The predicted molar refractivity (Wildman–Crippen MR) is 108 cm³/mol. The summed E-state index contributed by atoms with van der Waals surface area (Å²) in [6.07, 6.45) is 1.95.